The van der Waals surface area contributed by atoms with E-state index in [0.717, 1.165) is 6.42 Å². The second-order valence-corrected chi connectivity index (χ2v) is 4.94. The van der Waals surface area contributed by atoms with Crippen molar-refractivity contribution in [3.05, 3.63) is 0 Å². The largest absolute Gasteiger partial charge is 0.396 e. The molecule has 0 spiro atoms. The molecule has 2 N–H and O–H groups in total. The molecule has 1 unspecified atom stereocenters. The number of thioether (sulfide) groups is 1. The van der Waals surface area contributed by atoms with Crippen molar-refractivity contribution in [3.63, 3.8) is 0 Å². The third-order valence-electron chi connectivity index (χ3n) is 2.54. The fourth-order valence-corrected chi connectivity index (χ4v) is 2.88. The molecule has 1 aliphatic heterocycles. The first-order valence-electron chi connectivity index (χ1n) is 5.30. The third kappa shape index (κ3) is 4.64. The highest BCUT2D eigenvalue weighted by molar-refractivity contribution is 7.99. The highest BCUT2D eigenvalue weighted by atomic mass is 32.2. The van der Waals surface area contributed by atoms with Gasteiger partial charge in [-0.25, -0.2) is 0 Å². The van der Waals surface area contributed by atoms with Gasteiger partial charge in [0, 0.05) is 25.8 Å². The molecule has 0 radical (unpaired) electrons. The van der Waals surface area contributed by atoms with Gasteiger partial charge in [-0.2, -0.15) is 11.8 Å². The average Bonchev–Trinajstić information content (AvgIpc) is 2.20. The Hall–Kier alpha value is 0.230. The quantitative estimate of drug-likeness (QED) is 0.695. The van der Waals surface area contributed by atoms with Crippen LogP contribution < -0.4 is 5.32 Å². The van der Waals surface area contributed by atoms with E-state index in [1.54, 1.807) is 7.11 Å². The third-order valence-corrected chi connectivity index (χ3v) is 3.59. The average molecular weight is 219 g/mol. The number of hydrogen-bond acceptors (Lipinski definition) is 4. The Balaban J connectivity index is 2.21. The maximum atomic E-state index is 8.89. The molecule has 0 amide bonds. The van der Waals surface area contributed by atoms with Crippen molar-refractivity contribution >= 4 is 11.8 Å². The number of rotatable bonds is 6. The normalized spacial score (nSPS) is 21.0. The van der Waals surface area contributed by atoms with Crippen molar-refractivity contribution in [2.24, 2.45) is 0 Å². The number of methoxy groups -OCH3 is 1. The molecule has 1 fully saturated rings. The summed E-state index contributed by atoms with van der Waals surface area (Å²) in [5, 5.41) is 12.5. The fraction of sp³-hybridized carbons (Fsp3) is 1.00. The Labute approximate surface area is 90.6 Å². The van der Waals surface area contributed by atoms with Gasteiger partial charge in [-0.05, 0) is 30.8 Å². The predicted octanol–water partition coefficient (Wildman–Crippen LogP) is 0.869. The van der Waals surface area contributed by atoms with Gasteiger partial charge in [-0.3, -0.25) is 0 Å². The lowest BCUT2D eigenvalue weighted by Gasteiger charge is -2.27. The summed E-state index contributed by atoms with van der Waals surface area (Å²) >= 11 is 2.03. The zero-order chi connectivity index (χ0) is 10.2. The molecule has 4 heteroatoms. The second-order valence-electron chi connectivity index (χ2n) is 3.72. The van der Waals surface area contributed by atoms with E-state index >= 15 is 0 Å². The van der Waals surface area contributed by atoms with Gasteiger partial charge in [0.2, 0.25) is 0 Å². The molecule has 0 saturated carbocycles. The minimum absolute atomic E-state index is 0.239. The van der Waals surface area contributed by atoms with E-state index in [2.05, 4.69) is 5.32 Å². The highest BCUT2D eigenvalue weighted by Crippen LogP contribution is 2.17. The van der Waals surface area contributed by atoms with E-state index in [1.165, 1.54) is 24.3 Å². The highest BCUT2D eigenvalue weighted by Gasteiger charge is 2.17. The van der Waals surface area contributed by atoms with Gasteiger partial charge in [0.15, 0.2) is 0 Å². The lowest BCUT2D eigenvalue weighted by molar-refractivity contribution is 0.141. The number of hydrogen-bond donors (Lipinski definition) is 2. The molecule has 0 aromatic rings. The summed E-state index contributed by atoms with van der Waals surface area (Å²) in [4.78, 5) is 0. The molecule has 14 heavy (non-hydrogen) atoms. The van der Waals surface area contributed by atoms with E-state index in [0.29, 0.717) is 18.7 Å². The van der Waals surface area contributed by atoms with Crippen LogP contribution in [0.15, 0.2) is 0 Å². The van der Waals surface area contributed by atoms with E-state index < -0.39 is 0 Å². The lowest BCUT2D eigenvalue weighted by atomic mass is 10.1. The summed E-state index contributed by atoms with van der Waals surface area (Å²) in [6.07, 6.45) is 3.28. The zero-order valence-corrected chi connectivity index (χ0v) is 9.68. The first-order chi connectivity index (χ1) is 6.86. The molecule has 1 atom stereocenters. The van der Waals surface area contributed by atoms with Crippen molar-refractivity contribution in [2.75, 3.05) is 31.8 Å². The van der Waals surface area contributed by atoms with Crippen LogP contribution in [0.3, 0.4) is 0 Å². The van der Waals surface area contributed by atoms with E-state index in [-0.39, 0.29) is 6.61 Å². The van der Waals surface area contributed by atoms with Gasteiger partial charge in [-0.1, -0.05) is 0 Å². The Bertz CT molecular complexity index is 134. The van der Waals surface area contributed by atoms with Crippen LogP contribution in [0.1, 0.15) is 19.3 Å². The Morgan fingerprint density at radius 2 is 2.21 bits per heavy atom. The minimum atomic E-state index is 0.239. The molecule has 0 aromatic carbocycles. The predicted molar refractivity (Wildman–Crippen MR) is 60.8 cm³/mol. The molecule has 0 bridgehead atoms. The van der Waals surface area contributed by atoms with Crippen molar-refractivity contribution in [1.29, 1.82) is 0 Å². The molecule has 0 aromatic heterocycles. The van der Waals surface area contributed by atoms with Gasteiger partial charge in [0.1, 0.15) is 0 Å². The van der Waals surface area contributed by atoms with E-state index in [9.17, 15) is 0 Å². The smallest absolute Gasteiger partial charge is 0.0616 e. The van der Waals surface area contributed by atoms with Crippen LogP contribution >= 0.6 is 11.8 Å². The molecule has 3 nitrogen and oxygen atoms in total. The molecule has 1 aliphatic rings. The number of nitrogens with one attached hydrogen (secondary N) is 1. The lowest BCUT2D eigenvalue weighted by Crippen LogP contribution is -2.43. The van der Waals surface area contributed by atoms with E-state index in [4.69, 9.17) is 9.84 Å². The summed E-state index contributed by atoms with van der Waals surface area (Å²) in [5.41, 5.74) is 0. The van der Waals surface area contributed by atoms with E-state index in [1.807, 2.05) is 11.8 Å². The summed E-state index contributed by atoms with van der Waals surface area (Å²) in [6.45, 7) is 0.937. The molecule has 0 aliphatic carbocycles. The maximum absolute atomic E-state index is 8.89. The summed E-state index contributed by atoms with van der Waals surface area (Å²) in [6, 6.07) is 0.945. The van der Waals surface area contributed by atoms with Crippen molar-refractivity contribution < 1.29 is 9.84 Å². The maximum Gasteiger partial charge on any atom is 0.0616 e. The van der Waals surface area contributed by atoms with Crippen LogP contribution in [0, 0.1) is 0 Å². The Morgan fingerprint density at radius 3 is 2.79 bits per heavy atom. The molecule has 1 heterocycles. The first-order valence-corrected chi connectivity index (χ1v) is 6.46. The van der Waals surface area contributed by atoms with Crippen molar-refractivity contribution in [2.45, 2.75) is 31.3 Å². The monoisotopic (exact) mass is 219 g/mol. The van der Waals surface area contributed by atoms with Crippen LogP contribution in [-0.4, -0.2) is 49.0 Å². The van der Waals surface area contributed by atoms with Crippen LogP contribution in [0.4, 0.5) is 0 Å². The van der Waals surface area contributed by atoms with Crippen LogP contribution in [0.2, 0.25) is 0 Å². The Morgan fingerprint density at radius 1 is 1.50 bits per heavy atom. The first kappa shape index (κ1) is 12.3. The summed E-state index contributed by atoms with van der Waals surface area (Å²) in [5.74, 6) is 2.52. The van der Waals surface area contributed by atoms with Gasteiger partial charge >= 0.3 is 0 Å². The van der Waals surface area contributed by atoms with Crippen LogP contribution in [0.5, 0.6) is 0 Å². The van der Waals surface area contributed by atoms with Crippen LogP contribution in [-0.2, 0) is 4.74 Å². The van der Waals surface area contributed by atoms with Gasteiger partial charge < -0.3 is 15.2 Å². The zero-order valence-electron chi connectivity index (χ0n) is 8.87. The van der Waals surface area contributed by atoms with Gasteiger partial charge in [0.25, 0.3) is 0 Å². The second kappa shape index (κ2) is 7.51. The minimum Gasteiger partial charge on any atom is -0.396 e. The Kier molecular flexibility index (Phi) is 6.60. The summed E-state index contributed by atoms with van der Waals surface area (Å²) in [7, 11) is 1.71. The fourth-order valence-electron chi connectivity index (χ4n) is 1.77. The van der Waals surface area contributed by atoms with Crippen molar-refractivity contribution in [3.8, 4) is 0 Å². The SMILES string of the molecule is COCC(CCO)NC1CCSCC1. The van der Waals surface area contributed by atoms with Gasteiger partial charge in [0.05, 0.1) is 6.61 Å². The van der Waals surface area contributed by atoms with Crippen molar-refractivity contribution in [1.82, 2.24) is 5.32 Å². The topological polar surface area (TPSA) is 41.5 Å². The molecule has 84 valence electrons. The molecule has 1 rings (SSSR count). The van der Waals surface area contributed by atoms with Crippen LogP contribution in [0.25, 0.3) is 0 Å². The van der Waals surface area contributed by atoms with Gasteiger partial charge in [-0.15, -0.1) is 0 Å². The standard InChI is InChI=1S/C10H21NO2S/c1-13-8-10(2-5-12)11-9-3-6-14-7-4-9/h9-12H,2-8H2,1H3. The molecule has 1 saturated heterocycles. The molecular weight excluding hydrogens is 198 g/mol. The number of aliphatic hydroxyl groups is 1. The number of aliphatic hydroxyl groups excluding tert-OH is 1. The number of ether oxygens (including phenoxy) is 1. The summed E-state index contributed by atoms with van der Waals surface area (Å²) < 4.78 is 5.12. The molecular formula is C10H21NO2S.